The third-order valence-corrected chi connectivity index (χ3v) is 6.19. The highest BCUT2D eigenvalue weighted by Crippen LogP contribution is 2.26. The van der Waals surface area contributed by atoms with E-state index in [1.165, 1.54) is 13.2 Å². The molecule has 0 unspecified atom stereocenters. The lowest BCUT2D eigenvalue weighted by molar-refractivity contribution is -0.139. The van der Waals surface area contributed by atoms with Gasteiger partial charge in [-0.25, -0.2) is 4.39 Å². The van der Waals surface area contributed by atoms with E-state index in [1.54, 1.807) is 54.9 Å². The second kappa shape index (κ2) is 14.0. The molecule has 2 aromatic carbocycles. The number of hydrogen-bond donors (Lipinski definition) is 3. The van der Waals surface area contributed by atoms with Gasteiger partial charge in [0.2, 0.25) is 0 Å². The lowest BCUT2D eigenvalue weighted by Crippen LogP contribution is -2.34. The summed E-state index contributed by atoms with van der Waals surface area (Å²) >= 11 is 0. The van der Waals surface area contributed by atoms with Crippen molar-refractivity contribution < 1.29 is 28.2 Å². The Morgan fingerprint density at radius 2 is 1.76 bits per heavy atom. The number of amides is 1. The number of carbonyl (C=O) groups excluding carboxylic acids is 3. The van der Waals surface area contributed by atoms with E-state index < -0.39 is 0 Å². The third-order valence-electron chi connectivity index (χ3n) is 6.19. The Labute approximate surface area is 237 Å². The number of H-pyrrole nitrogens is 1. The minimum absolute atomic E-state index is 0.0436. The number of esters is 1. The fourth-order valence-electron chi connectivity index (χ4n) is 4.08. The SMILES string of the molecule is COC(=O)CNCCNC(=O)c1c[nH]c(-c2cc(Oc3ccc(CC(=O)Cc4cc(C)ccc4F)cc3)ccn2)c1. The highest BCUT2D eigenvalue weighted by atomic mass is 19.1. The summed E-state index contributed by atoms with van der Waals surface area (Å²) in [5, 5.41) is 5.65. The van der Waals surface area contributed by atoms with Crippen LogP contribution in [0.1, 0.15) is 27.0 Å². The van der Waals surface area contributed by atoms with Gasteiger partial charge in [0.05, 0.1) is 30.6 Å². The topological polar surface area (TPSA) is 122 Å². The van der Waals surface area contributed by atoms with E-state index in [2.05, 4.69) is 25.3 Å². The van der Waals surface area contributed by atoms with E-state index in [-0.39, 0.29) is 42.9 Å². The van der Waals surface area contributed by atoms with Crippen LogP contribution in [0.25, 0.3) is 11.4 Å². The lowest BCUT2D eigenvalue weighted by atomic mass is 10.0. The van der Waals surface area contributed by atoms with Gasteiger partial charge < -0.3 is 25.1 Å². The van der Waals surface area contributed by atoms with Gasteiger partial charge in [-0.05, 0) is 48.4 Å². The van der Waals surface area contributed by atoms with E-state index in [0.29, 0.717) is 47.1 Å². The molecule has 2 heterocycles. The van der Waals surface area contributed by atoms with E-state index in [9.17, 15) is 18.8 Å². The zero-order valence-electron chi connectivity index (χ0n) is 22.8. The van der Waals surface area contributed by atoms with E-state index in [0.717, 1.165) is 11.1 Å². The molecule has 0 aliphatic heterocycles. The zero-order valence-corrected chi connectivity index (χ0v) is 22.8. The van der Waals surface area contributed by atoms with Gasteiger partial charge in [0.25, 0.3) is 5.91 Å². The number of aromatic nitrogens is 2. The highest BCUT2D eigenvalue weighted by molar-refractivity contribution is 5.95. The van der Waals surface area contributed by atoms with Crippen LogP contribution in [0.4, 0.5) is 4.39 Å². The number of hydrogen-bond acceptors (Lipinski definition) is 7. The molecule has 0 bridgehead atoms. The minimum atomic E-state index is -0.373. The average Bonchev–Trinajstić information content (AvgIpc) is 3.46. The summed E-state index contributed by atoms with van der Waals surface area (Å²) in [5.74, 6) is 0.0482. The van der Waals surface area contributed by atoms with Gasteiger partial charge in [-0.15, -0.1) is 0 Å². The Balaban J connectivity index is 1.30. The van der Waals surface area contributed by atoms with Crippen molar-refractivity contribution >= 4 is 17.7 Å². The maximum atomic E-state index is 14.0. The molecule has 3 N–H and O–H groups in total. The van der Waals surface area contributed by atoms with Crippen molar-refractivity contribution in [2.75, 3.05) is 26.7 Å². The summed E-state index contributed by atoms with van der Waals surface area (Å²) in [7, 11) is 1.31. The summed E-state index contributed by atoms with van der Waals surface area (Å²) in [6.07, 6.45) is 3.44. The number of nitrogens with one attached hydrogen (secondary N) is 3. The fraction of sp³-hybridized carbons (Fsp3) is 0.226. The molecule has 10 heteroatoms. The van der Waals surface area contributed by atoms with E-state index in [4.69, 9.17) is 4.74 Å². The number of halogens is 1. The summed E-state index contributed by atoms with van der Waals surface area (Å²) in [4.78, 5) is 43.5. The number of nitrogens with zero attached hydrogens (tertiary/aromatic N) is 1. The van der Waals surface area contributed by atoms with Gasteiger partial charge in [0, 0.05) is 44.4 Å². The number of benzene rings is 2. The lowest BCUT2D eigenvalue weighted by Gasteiger charge is -2.08. The van der Waals surface area contributed by atoms with Gasteiger partial charge >= 0.3 is 5.97 Å². The highest BCUT2D eigenvalue weighted by Gasteiger charge is 2.12. The summed E-state index contributed by atoms with van der Waals surface area (Å²) < 4.78 is 24.5. The summed E-state index contributed by atoms with van der Waals surface area (Å²) in [6.45, 7) is 2.70. The van der Waals surface area contributed by atoms with Crippen molar-refractivity contribution in [3.8, 4) is 22.9 Å². The molecule has 2 aromatic heterocycles. The van der Waals surface area contributed by atoms with E-state index in [1.807, 2.05) is 19.1 Å². The van der Waals surface area contributed by atoms with Gasteiger partial charge in [-0.1, -0.05) is 29.8 Å². The van der Waals surface area contributed by atoms with Gasteiger partial charge in [-0.3, -0.25) is 19.4 Å². The minimum Gasteiger partial charge on any atom is -0.468 e. The number of methoxy groups -OCH3 is 1. The van der Waals surface area contributed by atoms with Crippen molar-refractivity contribution in [2.45, 2.75) is 19.8 Å². The Hall–Kier alpha value is -4.83. The van der Waals surface area contributed by atoms with Crippen LogP contribution in [0, 0.1) is 12.7 Å². The number of rotatable bonds is 13. The third kappa shape index (κ3) is 8.58. The second-order valence-electron chi connectivity index (χ2n) is 9.42. The normalized spacial score (nSPS) is 10.7. The second-order valence-corrected chi connectivity index (χ2v) is 9.42. The molecule has 9 nitrogen and oxygen atoms in total. The maximum absolute atomic E-state index is 14.0. The predicted octanol–water partition coefficient (Wildman–Crippen LogP) is 4.16. The quantitative estimate of drug-likeness (QED) is 0.166. The number of carbonyl (C=O) groups is 3. The van der Waals surface area contributed by atoms with Crippen LogP contribution in [0.3, 0.4) is 0 Å². The molecule has 212 valence electrons. The standard InChI is InChI=1S/C31H31FN4O5/c1-20-3-8-27(32)22(13-20)15-24(37)14-21-4-6-25(7-5-21)41-26-9-10-34-29(17-26)28-16-23(18-36-28)31(39)35-12-11-33-19-30(38)40-2/h3-10,13,16-18,33,36H,11-12,14-15,19H2,1-2H3,(H,35,39). The van der Waals surface area contributed by atoms with Crippen molar-refractivity contribution in [1.82, 2.24) is 20.6 Å². The number of pyridine rings is 1. The van der Waals surface area contributed by atoms with Crippen molar-refractivity contribution in [2.24, 2.45) is 0 Å². The summed E-state index contributed by atoms with van der Waals surface area (Å²) in [5.41, 5.74) is 3.80. The van der Waals surface area contributed by atoms with Crippen LogP contribution in [0.15, 0.2) is 73.1 Å². The average molecular weight is 559 g/mol. The molecule has 0 aliphatic carbocycles. The molecule has 4 aromatic rings. The Kier molecular flexibility index (Phi) is 9.95. The van der Waals surface area contributed by atoms with Crippen molar-refractivity contribution in [1.29, 1.82) is 0 Å². The molecule has 4 rings (SSSR count). The first-order valence-corrected chi connectivity index (χ1v) is 13.0. The van der Waals surface area contributed by atoms with Gasteiger partial charge in [0.15, 0.2) is 0 Å². The fourth-order valence-corrected chi connectivity index (χ4v) is 4.08. The molecule has 0 atom stereocenters. The number of Topliss-reactive ketones (excluding diaryl/α,β-unsaturated/α-hetero) is 1. The molecule has 0 spiro atoms. The molecular weight excluding hydrogens is 527 g/mol. The molecule has 0 saturated carbocycles. The van der Waals surface area contributed by atoms with Crippen LogP contribution >= 0.6 is 0 Å². The molecule has 0 radical (unpaired) electrons. The zero-order chi connectivity index (χ0) is 29.2. The first kappa shape index (κ1) is 29.2. The Morgan fingerprint density at radius 1 is 0.951 bits per heavy atom. The summed E-state index contributed by atoms with van der Waals surface area (Å²) in [6, 6.07) is 17.1. The number of aryl methyl sites for hydroxylation is 1. The molecule has 0 saturated heterocycles. The van der Waals surface area contributed by atoms with Crippen LogP contribution in [-0.4, -0.2) is 54.4 Å². The molecule has 0 fully saturated rings. The molecule has 0 aliphatic rings. The molecule has 1 amide bonds. The smallest absolute Gasteiger partial charge is 0.319 e. The largest absolute Gasteiger partial charge is 0.468 e. The van der Waals surface area contributed by atoms with Gasteiger partial charge in [-0.2, -0.15) is 0 Å². The first-order valence-electron chi connectivity index (χ1n) is 13.0. The monoisotopic (exact) mass is 558 g/mol. The van der Waals surface area contributed by atoms with Crippen LogP contribution in [-0.2, 0) is 27.2 Å². The van der Waals surface area contributed by atoms with Gasteiger partial charge in [0.1, 0.15) is 23.1 Å². The molecule has 41 heavy (non-hydrogen) atoms. The van der Waals surface area contributed by atoms with Crippen LogP contribution in [0.5, 0.6) is 11.5 Å². The number of ether oxygens (including phenoxy) is 2. The van der Waals surface area contributed by atoms with Crippen LogP contribution < -0.4 is 15.4 Å². The maximum Gasteiger partial charge on any atom is 0.319 e. The van der Waals surface area contributed by atoms with E-state index >= 15 is 0 Å². The van der Waals surface area contributed by atoms with Crippen molar-refractivity contribution in [3.05, 3.63) is 101 Å². The number of ketones is 1. The predicted molar refractivity (Wildman–Crippen MR) is 151 cm³/mol. The Morgan fingerprint density at radius 3 is 2.54 bits per heavy atom. The first-order chi connectivity index (χ1) is 19.8. The Bertz CT molecular complexity index is 1520. The molecular formula is C31H31FN4O5. The van der Waals surface area contributed by atoms with Crippen molar-refractivity contribution in [3.63, 3.8) is 0 Å². The van der Waals surface area contributed by atoms with Crippen LogP contribution in [0.2, 0.25) is 0 Å². The number of aromatic amines is 1.